The maximum Gasteiger partial charge on any atom is 0.338 e. The van der Waals surface area contributed by atoms with Crippen LogP contribution in [0, 0.1) is 0 Å². The van der Waals surface area contributed by atoms with Crippen molar-refractivity contribution in [3.63, 3.8) is 0 Å². The molecule has 8 nitrogen and oxygen atoms in total. The molecule has 0 spiro atoms. The Morgan fingerprint density at radius 2 is 1.86 bits per heavy atom. The Kier molecular flexibility index (Phi) is 9.25. The van der Waals surface area contributed by atoms with Crippen molar-refractivity contribution < 1.29 is 23.7 Å². The molecule has 0 bridgehead atoms. The van der Waals surface area contributed by atoms with Gasteiger partial charge in [-0.1, -0.05) is 52.7 Å². The average Bonchev–Trinajstić information content (AvgIpc) is 3.29. The topological polar surface area (TPSA) is 88.4 Å². The van der Waals surface area contributed by atoms with Crippen molar-refractivity contribution in [1.29, 1.82) is 0 Å². The van der Waals surface area contributed by atoms with Crippen LogP contribution >= 0.6 is 34.5 Å². The third-order valence-electron chi connectivity index (χ3n) is 6.81. The van der Waals surface area contributed by atoms with Crippen LogP contribution in [-0.4, -0.2) is 31.4 Å². The molecule has 0 amide bonds. The molecule has 0 radical (unpaired) electrons. The molecule has 1 aromatic heterocycles. The fourth-order valence-corrected chi connectivity index (χ4v) is 6.29. The molecule has 5 rings (SSSR count). The molecule has 43 heavy (non-hydrogen) atoms. The Morgan fingerprint density at radius 1 is 1.05 bits per heavy atom. The lowest BCUT2D eigenvalue weighted by Gasteiger charge is -2.26. The van der Waals surface area contributed by atoms with Crippen molar-refractivity contribution in [3.05, 3.63) is 118 Å². The SMILES string of the molecule is CCOC(=O)C1=C(C)N=c2s/c(=C/c3cccc(OCc4ccc(Cl)cc4Cl)c3)c(=O)n2[C@@H]1c1cc(OC)ccc1OC. The highest BCUT2D eigenvalue weighted by Gasteiger charge is 2.35. The minimum Gasteiger partial charge on any atom is -0.497 e. The lowest BCUT2D eigenvalue weighted by atomic mass is 9.94. The zero-order valence-electron chi connectivity index (χ0n) is 23.9. The first-order chi connectivity index (χ1) is 20.7. The maximum atomic E-state index is 14.0. The van der Waals surface area contributed by atoms with Crippen LogP contribution in [0.1, 0.15) is 36.6 Å². The molecule has 1 aliphatic heterocycles. The van der Waals surface area contributed by atoms with Gasteiger partial charge in [0.1, 0.15) is 29.9 Å². The summed E-state index contributed by atoms with van der Waals surface area (Å²) in [6.45, 7) is 3.88. The van der Waals surface area contributed by atoms with Gasteiger partial charge in [-0.2, -0.15) is 0 Å². The van der Waals surface area contributed by atoms with Gasteiger partial charge in [0.15, 0.2) is 4.80 Å². The van der Waals surface area contributed by atoms with Crippen LogP contribution in [0.4, 0.5) is 0 Å². The Balaban J connectivity index is 1.58. The highest BCUT2D eigenvalue weighted by molar-refractivity contribution is 7.07. The fourth-order valence-electron chi connectivity index (χ4n) is 4.78. The molecule has 0 unspecified atom stereocenters. The number of thiazole rings is 1. The summed E-state index contributed by atoms with van der Waals surface area (Å²) in [6, 6.07) is 17.0. The van der Waals surface area contributed by atoms with E-state index in [2.05, 4.69) is 4.99 Å². The number of rotatable bonds is 9. The number of nitrogens with zero attached hydrogens (tertiary/aromatic N) is 2. The fraction of sp³-hybridized carbons (Fsp3) is 0.219. The van der Waals surface area contributed by atoms with E-state index in [0.29, 0.717) is 47.9 Å². The zero-order chi connectivity index (χ0) is 30.7. The van der Waals surface area contributed by atoms with Gasteiger partial charge >= 0.3 is 5.97 Å². The molecule has 1 aliphatic rings. The molecule has 0 fully saturated rings. The minimum atomic E-state index is -0.846. The lowest BCUT2D eigenvalue weighted by molar-refractivity contribution is -0.139. The van der Waals surface area contributed by atoms with Crippen molar-refractivity contribution in [3.8, 4) is 17.2 Å². The normalized spacial score (nSPS) is 14.7. The number of ether oxygens (including phenoxy) is 4. The number of hydrogen-bond acceptors (Lipinski definition) is 8. The van der Waals surface area contributed by atoms with Crippen LogP contribution < -0.4 is 29.1 Å². The summed E-state index contributed by atoms with van der Waals surface area (Å²) < 4.78 is 24.4. The van der Waals surface area contributed by atoms with E-state index < -0.39 is 12.0 Å². The van der Waals surface area contributed by atoms with Gasteiger partial charge in [-0.25, -0.2) is 9.79 Å². The zero-order valence-corrected chi connectivity index (χ0v) is 26.2. The maximum absolute atomic E-state index is 14.0. The van der Waals surface area contributed by atoms with Gasteiger partial charge < -0.3 is 18.9 Å². The Hall–Kier alpha value is -4.05. The number of carbonyl (C=O) groups excluding carboxylic acids is 1. The van der Waals surface area contributed by atoms with Crippen molar-refractivity contribution in [2.45, 2.75) is 26.5 Å². The van der Waals surface area contributed by atoms with E-state index in [1.54, 1.807) is 57.4 Å². The summed E-state index contributed by atoms with van der Waals surface area (Å²) in [5.74, 6) is 1.08. The molecule has 1 atom stereocenters. The predicted octanol–water partition coefficient (Wildman–Crippen LogP) is 5.70. The largest absolute Gasteiger partial charge is 0.497 e. The molecule has 222 valence electrons. The number of esters is 1. The van der Waals surface area contributed by atoms with Gasteiger partial charge in [-0.3, -0.25) is 9.36 Å². The Bertz CT molecular complexity index is 1910. The first-order valence-electron chi connectivity index (χ1n) is 13.3. The Labute approximate surface area is 262 Å². The monoisotopic (exact) mass is 638 g/mol. The third kappa shape index (κ3) is 6.34. The Morgan fingerprint density at radius 3 is 2.58 bits per heavy atom. The lowest BCUT2D eigenvalue weighted by Crippen LogP contribution is -2.40. The third-order valence-corrected chi connectivity index (χ3v) is 8.38. The van der Waals surface area contributed by atoms with Crippen LogP contribution in [-0.2, 0) is 16.1 Å². The quantitative estimate of drug-likeness (QED) is 0.219. The van der Waals surface area contributed by atoms with E-state index in [0.717, 1.165) is 11.1 Å². The van der Waals surface area contributed by atoms with Crippen LogP contribution in [0.2, 0.25) is 10.0 Å². The van der Waals surface area contributed by atoms with Gasteiger partial charge in [-0.15, -0.1) is 0 Å². The van der Waals surface area contributed by atoms with E-state index in [9.17, 15) is 9.59 Å². The summed E-state index contributed by atoms with van der Waals surface area (Å²) in [5.41, 5.74) is 2.52. The average molecular weight is 640 g/mol. The predicted molar refractivity (Wildman–Crippen MR) is 167 cm³/mol. The second kappa shape index (κ2) is 13.1. The smallest absolute Gasteiger partial charge is 0.338 e. The number of allylic oxidation sites excluding steroid dienone is 1. The molecule has 0 saturated carbocycles. The second-order valence-corrected chi connectivity index (χ2v) is 11.4. The van der Waals surface area contributed by atoms with Gasteiger partial charge in [0.2, 0.25) is 0 Å². The van der Waals surface area contributed by atoms with Crippen molar-refractivity contribution in [2.75, 3.05) is 20.8 Å². The molecule has 0 aliphatic carbocycles. The number of aromatic nitrogens is 1. The van der Waals surface area contributed by atoms with Gasteiger partial charge in [0.05, 0.1) is 36.6 Å². The van der Waals surface area contributed by atoms with E-state index >= 15 is 0 Å². The van der Waals surface area contributed by atoms with Gasteiger partial charge in [0, 0.05) is 21.2 Å². The highest BCUT2D eigenvalue weighted by Crippen LogP contribution is 2.37. The minimum absolute atomic E-state index is 0.171. The molecule has 0 N–H and O–H groups in total. The van der Waals surface area contributed by atoms with Crippen LogP contribution in [0.25, 0.3) is 6.08 Å². The van der Waals surface area contributed by atoms with Gasteiger partial charge in [0.25, 0.3) is 5.56 Å². The number of benzene rings is 3. The molecule has 0 saturated heterocycles. The first-order valence-corrected chi connectivity index (χ1v) is 14.9. The molecular weight excluding hydrogens is 611 g/mol. The number of hydrogen-bond donors (Lipinski definition) is 0. The number of carbonyl (C=O) groups is 1. The number of fused-ring (bicyclic) bond motifs is 1. The second-order valence-electron chi connectivity index (χ2n) is 9.51. The molecular formula is C32H28Cl2N2O6S. The highest BCUT2D eigenvalue weighted by atomic mass is 35.5. The van der Waals surface area contributed by atoms with E-state index in [4.69, 9.17) is 42.1 Å². The van der Waals surface area contributed by atoms with Crippen LogP contribution in [0.15, 0.2) is 81.7 Å². The molecule has 4 aromatic rings. The van der Waals surface area contributed by atoms with Gasteiger partial charge in [-0.05, 0) is 68.0 Å². The van der Waals surface area contributed by atoms with Crippen LogP contribution in [0.5, 0.6) is 17.2 Å². The standard InChI is InChI=1S/C32H28Cl2N2O6S/c1-5-41-31(38)28-18(2)35-32-36(29(28)24-16-22(39-3)11-12-26(24)40-4)30(37)27(43-32)14-19-7-6-8-23(13-19)42-17-20-9-10-21(33)15-25(20)34/h6-16,29H,5,17H2,1-4H3/b27-14+/t29-/m1/s1. The van der Waals surface area contributed by atoms with Crippen LogP contribution in [0.3, 0.4) is 0 Å². The first kappa shape index (κ1) is 30.4. The summed E-state index contributed by atoms with van der Waals surface area (Å²) in [7, 11) is 3.08. The molecule has 11 heteroatoms. The summed E-state index contributed by atoms with van der Waals surface area (Å²) in [4.78, 5) is 32.4. The molecule has 2 heterocycles. The van der Waals surface area contributed by atoms with Crippen molar-refractivity contribution >= 4 is 46.6 Å². The van der Waals surface area contributed by atoms with E-state index in [1.165, 1.54) is 23.0 Å². The number of methoxy groups -OCH3 is 2. The van der Waals surface area contributed by atoms with Crippen molar-refractivity contribution in [1.82, 2.24) is 4.57 Å². The summed E-state index contributed by atoms with van der Waals surface area (Å²) in [5, 5.41) is 1.07. The van der Waals surface area contributed by atoms with E-state index in [-0.39, 0.29) is 24.3 Å². The summed E-state index contributed by atoms with van der Waals surface area (Å²) >= 11 is 13.5. The number of halogens is 2. The summed E-state index contributed by atoms with van der Waals surface area (Å²) in [6.07, 6.45) is 1.77. The van der Waals surface area contributed by atoms with Crippen molar-refractivity contribution in [2.24, 2.45) is 4.99 Å². The molecule has 3 aromatic carbocycles. The van der Waals surface area contributed by atoms with E-state index in [1.807, 2.05) is 30.3 Å².